The number of hydrogen-bond acceptors (Lipinski definition) is 3. The van der Waals surface area contributed by atoms with Gasteiger partial charge < -0.3 is 15.3 Å². The summed E-state index contributed by atoms with van der Waals surface area (Å²) in [4.78, 5) is 43.0. The van der Waals surface area contributed by atoms with Crippen LogP contribution < -0.4 is 10.9 Å². The zero-order valence-corrected chi connectivity index (χ0v) is 15.4. The van der Waals surface area contributed by atoms with E-state index in [0.717, 1.165) is 35.0 Å². The Morgan fingerprint density at radius 2 is 1.93 bits per heavy atom. The van der Waals surface area contributed by atoms with Gasteiger partial charge in [-0.15, -0.1) is 0 Å². The molecular formula is C21H21N3O3. The van der Waals surface area contributed by atoms with Crippen LogP contribution in [0.5, 0.6) is 0 Å². The van der Waals surface area contributed by atoms with Crippen molar-refractivity contribution in [2.75, 3.05) is 0 Å². The summed E-state index contributed by atoms with van der Waals surface area (Å²) in [5.41, 5.74) is 4.72. The molecule has 3 N–H and O–H groups in total. The average molecular weight is 363 g/mol. The van der Waals surface area contributed by atoms with Gasteiger partial charge in [0.05, 0.1) is 0 Å². The standard InChI is InChI=1S/C21H21N3O3/c1-11-6-7-13-9-14(20(26)24-16(13)8-11)10-22-21(27)19-12(2)18-15(23-19)4-3-5-17(18)25/h6-9,23H,3-5,10H2,1-2H3,(H,22,27)(H,24,26). The number of pyridine rings is 1. The molecule has 0 saturated carbocycles. The van der Waals surface area contributed by atoms with E-state index in [2.05, 4.69) is 15.3 Å². The van der Waals surface area contributed by atoms with Crippen LogP contribution in [0.25, 0.3) is 10.9 Å². The van der Waals surface area contributed by atoms with Crippen molar-refractivity contribution in [3.05, 3.63) is 68.3 Å². The highest BCUT2D eigenvalue weighted by molar-refractivity contribution is 6.04. The molecule has 3 aromatic rings. The molecule has 0 aliphatic heterocycles. The fraction of sp³-hybridized carbons (Fsp3) is 0.286. The second-order valence-corrected chi connectivity index (χ2v) is 7.15. The van der Waals surface area contributed by atoms with E-state index in [9.17, 15) is 14.4 Å². The number of amides is 1. The van der Waals surface area contributed by atoms with Crippen LogP contribution in [0.2, 0.25) is 0 Å². The lowest BCUT2D eigenvalue weighted by Crippen LogP contribution is -2.27. The summed E-state index contributed by atoms with van der Waals surface area (Å²) in [5.74, 6) is -0.219. The first-order chi connectivity index (χ1) is 12.9. The van der Waals surface area contributed by atoms with Gasteiger partial charge in [0, 0.05) is 35.3 Å². The van der Waals surface area contributed by atoms with Gasteiger partial charge in [-0.05, 0) is 55.3 Å². The maximum Gasteiger partial charge on any atom is 0.268 e. The summed E-state index contributed by atoms with van der Waals surface area (Å²) in [6.07, 6.45) is 2.11. The molecule has 1 aliphatic carbocycles. The molecule has 6 nitrogen and oxygen atoms in total. The van der Waals surface area contributed by atoms with Crippen molar-refractivity contribution in [3.8, 4) is 0 Å². The van der Waals surface area contributed by atoms with Crippen LogP contribution in [-0.4, -0.2) is 21.7 Å². The zero-order valence-electron chi connectivity index (χ0n) is 15.4. The van der Waals surface area contributed by atoms with Gasteiger partial charge in [0.25, 0.3) is 11.5 Å². The third-order valence-corrected chi connectivity index (χ3v) is 5.18. The van der Waals surface area contributed by atoms with Crippen molar-refractivity contribution in [2.24, 2.45) is 0 Å². The minimum atomic E-state index is -0.307. The molecule has 0 saturated heterocycles. The predicted molar refractivity (Wildman–Crippen MR) is 103 cm³/mol. The molecule has 0 radical (unpaired) electrons. The molecule has 1 amide bonds. The lowest BCUT2D eigenvalue weighted by molar-refractivity contribution is 0.0944. The highest BCUT2D eigenvalue weighted by atomic mass is 16.2. The Labute approximate surface area is 156 Å². The number of carbonyl (C=O) groups excluding carboxylic acids is 2. The molecule has 4 rings (SSSR count). The van der Waals surface area contributed by atoms with E-state index in [-0.39, 0.29) is 23.8 Å². The third-order valence-electron chi connectivity index (χ3n) is 5.18. The van der Waals surface area contributed by atoms with E-state index in [4.69, 9.17) is 0 Å². The highest BCUT2D eigenvalue weighted by Crippen LogP contribution is 2.26. The number of benzene rings is 1. The number of rotatable bonds is 3. The molecule has 27 heavy (non-hydrogen) atoms. The van der Waals surface area contributed by atoms with Crippen molar-refractivity contribution in [3.63, 3.8) is 0 Å². The van der Waals surface area contributed by atoms with Crippen molar-refractivity contribution < 1.29 is 9.59 Å². The summed E-state index contributed by atoms with van der Waals surface area (Å²) >= 11 is 0. The van der Waals surface area contributed by atoms with Gasteiger partial charge in [0.2, 0.25) is 0 Å². The first kappa shape index (κ1) is 17.3. The Balaban J connectivity index is 1.57. The van der Waals surface area contributed by atoms with Gasteiger partial charge in [0.15, 0.2) is 5.78 Å². The minimum absolute atomic E-state index is 0.0883. The average Bonchev–Trinajstić information content (AvgIpc) is 2.98. The van der Waals surface area contributed by atoms with Crippen LogP contribution >= 0.6 is 0 Å². The van der Waals surface area contributed by atoms with Crippen molar-refractivity contribution in [1.29, 1.82) is 0 Å². The fourth-order valence-electron chi connectivity index (χ4n) is 3.76. The maximum atomic E-state index is 12.6. The van der Waals surface area contributed by atoms with E-state index in [0.29, 0.717) is 28.8 Å². The molecule has 1 aliphatic rings. The number of H-pyrrole nitrogens is 2. The van der Waals surface area contributed by atoms with Gasteiger partial charge in [-0.2, -0.15) is 0 Å². The lowest BCUT2D eigenvalue weighted by atomic mass is 9.94. The van der Waals surface area contributed by atoms with Crippen LogP contribution in [0, 0.1) is 13.8 Å². The van der Waals surface area contributed by atoms with E-state index >= 15 is 0 Å². The molecule has 0 spiro atoms. The summed E-state index contributed by atoms with van der Waals surface area (Å²) in [6, 6.07) is 7.64. The lowest BCUT2D eigenvalue weighted by Gasteiger charge is -2.09. The second-order valence-electron chi connectivity index (χ2n) is 7.15. The smallest absolute Gasteiger partial charge is 0.268 e. The van der Waals surface area contributed by atoms with Gasteiger partial charge in [-0.1, -0.05) is 12.1 Å². The summed E-state index contributed by atoms with van der Waals surface area (Å²) in [6.45, 7) is 3.88. The van der Waals surface area contributed by atoms with E-state index in [1.54, 1.807) is 13.0 Å². The molecule has 0 unspecified atom stereocenters. The number of fused-ring (bicyclic) bond motifs is 2. The van der Waals surface area contributed by atoms with Crippen LogP contribution in [-0.2, 0) is 13.0 Å². The van der Waals surface area contributed by atoms with Crippen molar-refractivity contribution in [2.45, 2.75) is 39.7 Å². The van der Waals surface area contributed by atoms with Crippen LogP contribution in [0.1, 0.15) is 56.1 Å². The molecule has 2 aromatic heterocycles. The summed E-state index contributed by atoms with van der Waals surface area (Å²) < 4.78 is 0. The second kappa shape index (κ2) is 6.54. The molecular weight excluding hydrogens is 342 g/mol. The van der Waals surface area contributed by atoms with Gasteiger partial charge >= 0.3 is 0 Å². The van der Waals surface area contributed by atoms with Crippen molar-refractivity contribution in [1.82, 2.24) is 15.3 Å². The Kier molecular flexibility index (Phi) is 4.18. The SMILES string of the molecule is Cc1ccc2cc(CNC(=O)c3[nH]c4c(c3C)C(=O)CCC4)c(=O)[nH]c2c1. The number of Topliss-reactive ketones (excluding diaryl/α,β-unsaturated/α-hetero) is 1. The molecule has 2 heterocycles. The van der Waals surface area contributed by atoms with Crippen LogP contribution in [0.15, 0.2) is 29.1 Å². The normalized spacial score (nSPS) is 13.6. The monoisotopic (exact) mass is 363 g/mol. The molecule has 1 aromatic carbocycles. The van der Waals surface area contributed by atoms with Crippen LogP contribution in [0.4, 0.5) is 0 Å². The molecule has 0 atom stereocenters. The number of hydrogen-bond donors (Lipinski definition) is 3. The molecule has 6 heteroatoms. The highest BCUT2D eigenvalue weighted by Gasteiger charge is 2.26. The molecule has 138 valence electrons. The Morgan fingerprint density at radius 1 is 1.11 bits per heavy atom. The minimum Gasteiger partial charge on any atom is -0.354 e. The number of aromatic nitrogens is 2. The zero-order chi connectivity index (χ0) is 19.1. The van der Waals surface area contributed by atoms with E-state index < -0.39 is 0 Å². The summed E-state index contributed by atoms with van der Waals surface area (Å²) in [5, 5.41) is 3.71. The quantitative estimate of drug-likeness (QED) is 0.668. The van der Waals surface area contributed by atoms with Crippen LogP contribution in [0.3, 0.4) is 0 Å². The third kappa shape index (κ3) is 3.07. The largest absolute Gasteiger partial charge is 0.354 e. The summed E-state index contributed by atoms with van der Waals surface area (Å²) in [7, 11) is 0. The Bertz CT molecular complexity index is 1140. The maximum absolute atomic E-state index is 12.6. The number of aryl methyl sites for hydroxylation is 2. The number of carbonyl (C=O) groups is 2. The van der Waals surface area contributed by atoms with Gasteiger partial charge in [-0.3, -0.25) is 14.4 Å². The van der Waals surface area contributed by atoms with E-state index in [1.165, 1.54) is 0 Å². The number of ketones is 1. The first-order valence-corrected chi connectivity index (χ1v) is 9.09. The molecule has 0 fully saturated rings. The van der Waals surface area contributed by atoms with Gasteiger partial charge in [-0.25, -0.2) is 0 Å². The van der Waals surface area contributed by atoms with E-state index in [1.807, 2.05) is 25.1 Å². The predicted octanol–water partition coefficient (Wildman–Crippen LogP) is 2.92. The fourth-order valence-corrected chi connectivity index (χ4v) is 3.76. The Hall–Kier alpha value is -3.15. The molecule has 0 bridgehead atoms. The number of aromatic amines is 2. The topological polar surface area (TPSA) is 94.8 Å². The first-order valence-electron chi connectivity index (χ1n) is 9.09. The Morgan fingerprint density at radius 3 is 2.70 bits per heavy atom. The van der Waals surface area contributed by atoms with Crippen molar-refractivity contribution >= 4 is 22.6 Å². The number of nitrogens with one attached hydrogen (secondary N) is 3. The van der Waals surface area contributed by atoms with Gasteiger partial charge in [0.1, 0.15) is 5.69 Å².